The van der Waals surface area contributed by atoms with Crippen LogP contribution >= 0.6 is 0 Å². The van der Waals surface area contributed by atoms with Gasteiger partial charge in [-0.05, 0) is 46.7 Å². The molecule has 3 nitrogen and oxygen atoms in total. The Morgan fingerprint density at radius 1 is 0.733 bits per heavy atom. The molecule has 3 aromatic carbocycles. The first-order valence-corrected chi connectivity index (χ1v) is 10.4. The zero-order valence-electron chi connectivity index (χ0n) is 18.8. The molecule has 0 unspecified atom stereocenters. The number of phenolic OH excluding ortho intramolecular Hbond substituents is 1. The van der Waals surface area contributed by atoms with E-state index in [0.717, 1.165) is 22.5 Å². The minimum Gasteiger partial charge on any atom is -0.507 e. The number of para-hydroxylation sites is 2. The van der Waals surface area contributed by atoms with Crippen molar-refractivity contribution < 1.29 is 5.11 Å². The van der Waals surface area contributed by atoms with E-state index in [1.165, 1.54) is 5.56 Å². The molecule has 3 rings (SSSR count). The normalized spacial score (nSPS) is 12.3. The third-order valence-electron chi connectivity index (χ3n) is 5.13. The molecule has 0 aliphatic carbocycles. The zero-order chi connectivity index (χ0) is 21.9. The SMILES string of the molecule is CC(C)(C)c1cc(/C=N/N(c2ccccc2)c2ccccc2)c(O)c(C(C)(C)C)c1. The van der Waals surface area contributed by atoms with E-state index in [1.54, 1.807) is 6.21 Å². The summed E-state index contributed by atoms with van der Waals surface area (Å²) in [7, 11) is 0. The van der Waals surface area contributed by atoms with E-state index in [1.807, 2.05) is 71.7 Å². The van der Waals surface area contributed by atoms with Gasteiger partial charge < -0.3 is 5.11 Å². The third kappa shape index (κ3) is 4.91. The monoisotopic (exact) mass is 400 g/mol. The molecule has 0 aliphatic heterocycles. The van der Waals surface area contributed by atoms with Crippen molar-refractivity contribution in [3.63, 3.8) is 0 Å². The predicted octanol–water partition coefficient (Wildman–Crippen LogP) is 7.16. The van der Waals surface area contributed by atoms with Crippen LogP contribution in [-0.4, -0.2) is 11.3 Å². The molecule has 0 bridgehead atoms. The van der Waals surface area contributed by atoms with Gasteiger partial charge in [-0.2, -0.15) is 5.10 Å². The van der Waals surface area contributed by atoms with E-state index in [4.69, 9.17) is 5.10 Å². The highest BCUT2D eigenvalue weighted by atomic mass is 16.3. The molecule has 0 heterocycles. The molecule has 0 atom stereocenters. The van der Waals surface area contributed by atoms with Crippen molar-refractivity contribution in [1.82, 2.24) is 0 Å². The Labute approximate surface area is 180 Å². The van der Waals surface area contributed by atoms with Gasteiger partial charge in [-0.1, -0.05) is 84.0 Å². The van der Waals surface area contributed by atoms with Crippen LogP contribution in [0.5, 0.6) is 5.75 Å². The number of nitrogens with zero attached hydrogens (tertiary/aromatic N) is 2. The van der Waals surface area contributed by atoms with E-state index >= 15 is 0 Å². The second kappa shape index (κ2) is 8.35. The Hall–Kier alpha value is -3.07. The van der Waals surface area contributed by atoms with Crippen LogP contribution in [0.1, 0.15) is 58.2 Å². The number of hydrogen-bond acceptors (Lipinski definition) is 3. The number of phenols is 1. The molecular weight excluding hydrogens is 368 g/mol. The van der Waals surface area contributed by atoms with Crippen molar-refractivity contribution in [1.29, 1.82) is 0 Å². The molecule has 0 spiro atoms. The lowest BCUT2D eigenvalue weighted by molar-refractivity contribution is 0.444. The average Bonchev–Trinajstić information content (AvgIpc) is 2.69. The van der Waals surface area contributed by atoms with Crippen molar-refractivity contribution in [3.05, 3.63) is 89.5 Å². The van der Waals surface area contributed by atoms with Crippen molar-refractivity contribution in [3.8, 4) is 5.75 Å². The summed E-state index contributed by atoms with van der Waals surface area (Å²) in [6, 6.07) is 24.2. The van der Waals surface area contributed by atoms with Gasteiger partial charge in [0.05, 0.1) is 17.6 Å². The van der Waals surface area contributed by atoms with Crippen molar-refractivity contribution in [2.24, 2.45) is 5.10 Å². The van der Waals surface area contributed by atoms with Crippen LogP contribution in [0.4, 0.5) is 11.4 Å². The molecule has 0 fully saturated rings. The topological polar surface area (TPSA) is 35.8 Å². The fourth-order valence-electron chi connectivity index (χ4n) is 3.30. The molecule has 3 heteroatoms. The summed E-state index contributed by atoms with van der Waals surface area (Å²) in [5, 5.41) is 17.7. The highest BCUT2D eigenvalue weighted by molar-refractivity contribution is 5.86. The smallest absolute Gasteiger partial charge is 0.128 e. The summed E-state index contributed by atoms with van der Waals surface area (Å²) in [5.41, 5.74) is 4.55. The van der Waals surface area contributed by atoms with Crippen molar-refractivity contribution in [2.75, 3.05) is 5.01 Å². The molecule has 3 aromatic rings. The van der Waals surface area contributed by atoms with Crippen molar-refractivity contribution >= 4 is 17.6 Å². The first-order chi connectivity index (χ1) is 14.1. The zero-order valence-corrected chi connectivity index (χ0v) is 18.8. The molecule has 0 radical (unpaired) electrons. The quantitative estimate of drug-likeness (QED) is 0.372. The van der Waals surface area contributed by atoms with Gasteiger partial charge in [-0.15, -0.1) is 0 Å². The number of hydrogen-bond donors (Lipinski definition) is 1. The number of hydrazone groups is 1. The van der Waals surface area contributed by atoms with Crippen molar-refractivity contribution in [2.45, 2.75) is 52.4 Å². The molecule has 30 heavy (non-hydrogen) atoms. The fraction of sp³-hybridized carbons (Fsp3) is 0.296. The van der Waals surface area contributed by atoms with Crippen LogP contribution < -0.4 is 5.01 Å². The predicted molar refractivity (Wildman–Crippen MR) is 128 cm³/mol. The molecular formula is C27H32N2O. The number of aromatic hydroxyl groups is 1. The summed E-state index contributed by atoms with van der Waals surface area (Å²) < 4.78 is 0. The van der Waals surface area contributed by atoms with Gasteiger partial charge in [-0.25, -0.2) is 5.01 Å². The molecule has 0 saturated carbocycles. The minimum atomic E-state index is -0.174. The maximum atomic E-state index is 11.1. The van der Waals surface area contributed by atoms with Gasteiger partial charge in [-0.3, -0.25) is 0 Å². The second-order valence-corrected chi connectivity index (χ2v) is 9.69. The lowest BCUT2D eigenvalue weighted by Crippen LogP contribution is -2.17. The Morgan fingerprint density at radius 2 is 1.23 bits per heavy atom. The van der Waals surface area contributed by atoms with Crippen LogP contribution in [-0.2, 0) is 10.8 Å². The summed E-state index contributed by atoms with van der Waals surface area (Å²) in [6.45, 7) is 12.9. The Balaban J connectivity index is 2.12. The summed E-state index contributed by atoms with van der Waals surface area (Å²) in [6.07, 6.45) is 1.76. The standard InChI is InChI=1S/C27H32N2O/c1-26(2,3)21-17-20(25(30)24(18-21)27(4,5)6)19-28-29(22-13-9-7-10-14-22)23-15-11-8-12-16-23/h7-19,30H,1-6H3/b28-19+. The Bertz CT molecular complexity index is 971. The average molecular weight is 401 g/mol. The first-order valence-electron chi connectivity index (χ1n) is 10.4. The number of anilines is 2. The van der Waals surface area contributed by atoms with E-state index in [2.05, 4.69) is 47.6 Å². The summed E-state index contributed by atoms with van der Waals surface area (Å²) in [5.74, 6) is 0.292. The van der Waals surface area contributed by atoms with E-state index < -0.39 is 0 Å². The van der Waals surface area contributed by atoms with Crippen LogP contribution in [0.15, 0.2) is 77.9 Å². The van der Waals surface area contributed by atoms with Gasteiger partial charge in [0.2, 0.25) is 0 Å². The number of rotatable bonds is 4. The van der Waals surface area contributed by atoms with Gasteiger partial charge in [0.1, 0.15) is 5.75 Å². The molecule has 156 valence electrons. The molecule has 0 saturated heterocycles. The molecule has 1 N–H and O–H groups in total. The van der Waals surface area contributed by atoms with E-state index in [0.29, 0.717) is 5.75 Å². The molecule has 0 aliphatic rings. The van der Waals surface area contributed by atoms with Crippen LogP contribution in [0.25, 0.3) is 0 Å². The highest BCUT2D eigenvalue weighted by Gasteiger charge is 2.24. The third-order valence-corrected chi connectivity index (χ3v) is 5.13. The Kier molecular flexibility index (Phi) is 6.02. The second-order valence-electron chi connectivity index (χ2n) is 9.69. The Morgan fingerprint density at radius 3 is 1.67 bits per heavy atom. The van der Waals surface area contributed by atoms with Crippen LogP contribution in [0, 0.1) is 0 Å². The van der Waals surface area contributed by atoms with Gasteiger partial charge in [0, 0.05) is 11.1 Å². The maximum Gasteiger partial charge on any atom is 0.128 e. The number of benzene rings is 3. The summed E-state index contributed by atoms with van der Waals surface area (Å²) >= 11 is 0. The van der Waals surface area contributed by atoms with E-state index in [9.17, 15) is 5.11 Å². The fourth-order valence-corrected chi connectivity index (χ4v) is 3.30. The largest absolute Gasteiger partial charge is 0.507 e. The molecule has 0 aromatic heterocycles. The molecule has 0 amide bonds. The van der Waals surface area contributed by atoms with Gasteiger partial charge in [0.15, 0.2) is 0 Å². The van der Waals surface area contributed by atoms with Gasteiger partial charge >= 0.3 is 0 Å². The van der Waals surface area contributed by atoms with E-state index in [-0.39, 0.29) is 10.8 Å². The lowest BCUT2D eigenvalue weighted by atomic mass is 9.79. The lowest BCUT2D eigenvalue weighted by Gasteiger charge is -2.27. The van der Waals surface area contributed by atoms with Gasteiger partial charge in [0.25, 0.3) is 0 Å². The van der Waals surface area contributed by atoms with Crippen LogP contribution in [0.3, 0.4) is 0 Å². The first kappa shape index (κ1) is 21.6. The highest BCUT2D eigenvalue weighted by Crippen LogP contribution is 2.37. The maximum absolute atomic E-state index is 11.1. The summed E-state index contributed by atoms with van der Waals surface area (Å²) in [4.78, 5) is 0. The minimum absolute atomic E-state index is 0.0329. The van der Waals surface area contributed by atoms with Crippen LogP contribution in [0.2, 0.25) is 0 Å².